The summed E-state index contributed by atoms with van der Waals surface area (Å²) in [4.78, 5) is 23.7. The van der Waals surface area contributed by atoms with E-state index in [0.29, 0.717) is 49.1 Å². The number of pyridine rings is 1. The molecule has 4 aromatic rings. The van der Waals surface area contributed by atoms with Crippen LogP contribution in [0.15, 0.2) is 48.7 Å². The molecular formula is C20H18F2N8O. The first-order chi connectivity index (χ1) is 15.2. The molecule has 158 valence electrons. The number of nitrogens with zero attached hydrogens (tertiary/aromatic N) is 7. The number of fused-ring (bicyclic) bond motifs is 1. The molecule has 1 N–H and O–H groups in total. The second-order valence-electron chi connectivity index (χ2n) is 6.79. The van der Waals surface area contributed by atoms with E-state index >= 15 is 0 Å². The van der Waals surface area contributed by atoms with Gasteiger partial charge in [0.25, 0.3) is 6.43 Å². The van der Waals surface area contributed by atoms with E-state index < -0.39 is 12.2 Å². The van der Waals surface area contributed by atoms with E-state index in [1.165, 1.54) is 4.57 Å². The van der Waals surface area contributed by atoms with Crippen LogP contribution in [0.1, 0.15) is 12.2 Å². The topological polar surface area (TPSA) is 93.9 Å². The molecule has 0 aliphatic carbocycles. The number of alkyl halides is 2. The van der Waals surface area contributed by atoms with Crippen molar-refractivity contribution in [3.63, 3.8) is 0 Å². The monoisotopic (exact) mass is 424 g/mol. The molecule has 0 amide bonds. The molecule has 9 nitrogen and oxygen atoms in total. The summed E-state index contributed by atoms with van der Waals surface area (Å²) in [7, 11) is 0. The summed E-state index contributed by atoms with van der Waals surface area (Å²) in [5, 5.41) is 3.03. The van der Waals surface area contributed by atoms with Crippen LogP contribution in [0.3, 0.4) is 0 Å². The maximum Gasteiger partial charge on any atom is 0.296 e. The molecule has 1 aromatic carbocycles. The minimum atomic E-state index is -2.80. The molecule has 31 heavy (non-hydrogen) atoms. The standard InChI is InChI=1S/C20H18F2N8O/c21-16(22)17-24-13-5-1-2-6-14(13)30(17)20-27-18(25-15-7-3-4-8-23-15)26-19(28-20)29-9-11-31-12-10-29/h1-8,16H,9-12H2,(H,23,25,26,27,28). The van der Waals surface area contributed by atoms with Crippen molar-refractivity contribution in [3.8, 4) is 5.95 Å². The number of hydrogen-bond acceptors (Lipinski definition) is 8. The van der Waals surface area contributed by atoms with Gasteiger partial charge in [-0.3, -0.25) is 4.57 Å². The summed E-state index contributed by atoms with van der Waals surface area (Å²) < 4.78 is 34.4. The quantitative estimate of drug-likeness (QED) is 0.522. The van der Waals surface area contributed by atoms with Gasteiger partial charge in [-0.1, -0.05) is 18.2 Å². The number of imidazole rings is 1. The Kier molecular flexibility index (Phi) is 5.08. The first-order valence-corrected chi connectivity index (χ1v) is 9.72. The highest BCUT2D eigenvalue weighted by Gasteiger charge is 2.24. The Hall–Kier alpha value is -3.73. The SMILES string of the molecule is FC(F)c1nc2ccccc2n1-c1nc(Nc2ccccn2)nc(N2CCOCC2)n1. The molecule has 3 aromatic heterocycles. The molecule has 0 radical (unpaired) electrons. The van der Waals surface area contributed by atoms with Crippen molar-refractivity contribution in [1.82, 2.24) is 29.5 Å². The van der Waals surface area contributed by atoms with Gasteiger partial charge >= 0.3 is 0 Å². The van der Waals surface area contributed by atoms with Crippen LogP contribution >= 0.6 is 0 Å². The highest BCUT2D eigenvalue weighted by Crippen LogP contribution is 2.28. The summed E-state index contributed by atoms with van der Waals surface area (Å²) >= 11 is 0. The van der Waals surface area contributed by atoms with Gasteiger partial charge in [0.1, 0.15) is 5.82 Å². The van der Waals surface area contributed by atoms with Gasteiger partial charge in [-0.2, -0.15) is 15.0 Å². The Morgan fingerprint density at radius 3 is 2.45 bits per heavy atom. The van der Waals surface area contributed by atoms with E-state index in [0.717, 1.165) is 0 Å². The molecule has 1 aliphatic rings. The normalized spacial score (nSPS) is 14.4. The third-order valence-electron chi connectivity index (χ3n) is 4.79. The van der Waals surface area contributed by atoms with Crippen molar-refractivity contribution >= 4 is 28.7 Å². The molecule has 5 rings (SSSR count). The molecule has 4 heterocycles. The molecule has 1 aliphatic heterocycles. The lowest BCUT2D eigenvalue weighted by Crippen LogP contribution is -2.37. The van der Waals surface area contributed by atoms with Crippen LogP contribution in [-0.2, 0) is 4.74 Å². The van der Waals surface area contributed by atoms with Gasteiger partial charge in [-0.15, -0.1) is 0 Å². The van der Waals surface area contributed by atoms with Gasteiger partial charge in [-0.05, 0) is 24.3 Å². The van der Waals surface area contributed by atoms with Gasteiger partial charge < -0.3 is 15.0 Å². The Bertz CT molecular complexity index is 1190. The predicted molar refractivity (Wildman–Crippen MR) is 110 cm³/mol. The number of hydrogen-bond donors (Lipinski definition) is 1. The van der Waals surface area contributed by atoms with Crippen LogP contribution < -0.4 is 10.2 Å². The van der Waals surface area contributed by atoms with E-state index in [-0.39, 0.29) is 11.9 Å². The number of rotatable bonds is 5. The minimum Gasteiger partial charge on any atom is -0.378 e. The van der Waals surface area contributed by atoms with E-state index in [9.17, 15) is 8.78 Å². The van der Waals surface area contributed by atoms with Crippen LogP contribution in [-0.4, -0.2) is 55.8 Å². The van der Waals surface area contributed by atoms with Gasteiger partial charge in [0.05, 0.1) is 24.2 Å². The Morgan fingerprint density at radius 2 is 1.68 bits per heavy atom. The van der Waals surface area contributed by atoms with Crippen molar-refractivity contribution in [3.05, 3.63) is 54.5 Å². The lowest BCUT2D eigenvalue weighted by molar-refractivity contribution is 0.122. The second-order valence-corrected chi connectivity index (χ2v) is 6.79. The highest BCUT2D eigenvalue weighted by atomic mass is 19.3. The zero-order valence-electron chi connectivity index (χ0n) is 16.3. The lowest BCUT2D eigenvalue weighted by Gasteiger charge is -2.27. The van der Waals surface area contributed by atoms with Crippen LogP contribution in [0, 0.1) is 0 Å². The average molecular weight is 424 g/mol. The number of halogens is 2. The van der Waals surface area contributed by atoms with E-state index in [1.54, 1.807) is 42.6 Å². The zero-order chi connectivity index (χ0) is 21.2. The molecule has 11 heteroatoms. The molecule has 0 spiro atoms. The first-order valence-electron chi connectivity index (χ1n) is 9.72. The fraction of sp³-hybridized carbons (Fsp3) is 0.250. The van der Waals surface area contributed by atoms with E-state index in [2.05, 4.69) is 30.2 Å². The number of morpholine rings is 1. The van der Waals surface area contributed by atoms with Gasteiger partial charge in [-0.25, -0.2) is 18.7 Å². The third-order valence-corrected chi connectivity index (χ3v) is 4.79. The largest absolute Gasteiger partial charge is 0.378 e. The summed E-state index contributed by atoms with van der Waals surface area (Å²) in [6.07, 6.45) is -1.17. The maximum atomic E-state index is 13.8. The molecule has 1 fully saturated rings. The van der Waals surface area contributed by atoms with Crippen LogP contribution in [0.2, 0.25) is 0 Å². The van der Waals surface area contributed by atoms with Crippen molar-refractivity contribution in [2.24, 2.45) is 0 Å². The molecule has 0 unspecified atom stereocenters. The van der Waals surface area contributed by atoms with E-state index in [4.69, 9.17) is 4.74 Å². The van der Waals surface area contributed by atoms with Gasteiger partial charge in [0, 0.05) is 19.3 Å². The van der Waals surface area contributed by atoms with Crippen LogP contribution in [0.4, 0.5) is 26.5 Å². The van der Waals surface area contributed by atoms with Crippen molar-refractivity contribution in [2.45, 2.75) is 6.43 Å². The van der Waals surface area contributed by atoms with Gasteiger partial charge in [0.2, 0.25) is 17.8 Å². The minimum absolute atomic E-state index is 0.0546. The number of benzene rings is 1. The van der Waals surface area contributed by atoms with Crippen molar-refractivity contribution < 1.29 is 13.5 Å². The van der Waals surface area contributed by atoms with Crippen LogP contribution in [0.25, 0.3) is 17.0 Å². The summed E-state index contributed by atoms with van der Waals surface area (Å²) in [6.45, 7) is 2.22. The number of ether oxygens (including phenoxy) is 1. The number of nitrogens with one attached hydrogen (secondary N) is 1. The lowest BCUT2D eigenvalue weighted by atomic mass is 10.3. The van der Waals surface area contributed by atoms with E-state index in [1.807, 2.05) is 11.0 Å². The van der Waals surface area contributed by atoms with Gasteiger partial charge in [0.15, 0.2) is 5.82 Å². The highest BCUT2D eigenvalue weighted by molar-refractivity contribution is 5.77. The second kappa shape index (κ2) is 8.19. The fourth-order valence-electron chi connectivity index (χ4n) is 3.37. The van der Waals surface area contributed by atoms with Crippen LogP contribution in [0.5, 0.6) is 0 Å². The van der Waals surface area contributed by atoms with Crippen molar-refractivity contribution in [2.75, 3.05) is 36.5 Å². The smallest absolute Gasteiger partial charge is 0.296 e. The molecule has 0 bridgehead atoms. The molecular weight excluding hydrogens is 406 g/mol. The summed E-state index contributed by atoms with van der Waals surface area (Å²) in [6, 6.07) is 12.2. The predicted octanol–water partition coefficient (Wildman–Crippen LogP) is 3.12. The zero-order valence-corrected chi connectivity index (χ0v) is 16.3. The Labute approximate surface area is 175 Å². The molecule has 0 saturated carbocycles. The number of anilines is 3. The number of aromatic nitrogens is 6. The Balaban J connectivity index is 1.66. The summed E-state index contributed by atoms with van der Waals surface area (Å²) in [5.41, 5.74) is 0.922. The Morgan fingerprint density at radius 1 is 0.903 bits per heavy atom. The maximum absolute atomic E-state index is 13.8. The van der Waals surface area contributed by atoms with Crippen molar-refractivity contribution in [1.29, 1.82) is 0 Å². The fourth-order valence-corrected chi connectivity index (χ4v) is 3.37. The number of para-hydroxylation sites is 2. The first kappa shape index (κ1) is 19.2. The molecule has 0 atom stereocenters. The third kappa shape index (κ3) is 3.87. The molecule has 1 saturated heterocycles. The average Bonchev–Trinajstić information content (AvgIpc) is 3.20. The summed E-state index contributed by atoms with van der Waals surface area (Å²) in [5.74, 6) is 0.716.